The van der Waals surface area contributed by atoms with Crippen LogP contribution in [0.25, 0.3) is 0 Å². The van der Waals surface area contributed by atoms with Crippen molar-refractivity contribution in [3.63, 3.8) is 0 Å². The van der Waals surface area contributed by atoms with Crippen molar-refractivity contribution in [2.24, 2.45) is 5.92 Å². The number of nitrogens with one attached hydrogen (secondary N) is 2. The molecular weight excluding hydrogens is 362 g/mol. The van der Waals surface area contributed by atoms with E-state index in [4.69, 9.17) is 0 Å². The Morgan fingerprint density at radius 1 is 1.11 bits per heavy atom. The van der Waals surface area contributed by atoms with Gasteiger partial charge in [-0.2, -0.15) is 0 Å². The van der Waals surface area contributed by atoms with E-state index in [1.165, 1.54) is 6.08 Å². The molecule has 0 spiro atoms. The number of allylic oxidation sites excluding steroid dienone is 2. The molecule has 2 amide bonds. The van der Waals surface area contributed by atoms with Crippen molar-refractivity contribution in [2.45, 2.75) is 52.5 Å². The van der Waals surface area contributed by atoms with Crippen LogP contribution in [0.4, 0.5) is 8.78 Å². The molecule has 2 N–H and O–H groups in total. The molecule has 0 radical (unpaired) electrons. The summed E-state index contributed by atoms with van der Waals surface area (Å²) in [6, 6.07) is 2.15. The molecule has 0 aliphatic carbocycles. The number of halogens is 2. The zero-order chi connectivity index (χ0) is 20.9. The van der Waals surface area contributed by atoms with Crippen LogP contribution in [0.1, 0.15) is 45.6 Å². The fourth-order valence-corrected chi connectivity index (χ4v) is 2.63. The van der Waals surface area contributed by atoms with Crippen molar-refractivity contribution in [2.75, 3.05) is 6.54 Å². The zero-order valence-corrected chi connectivity index (χ0v) is 16.8. The number of amides is 2. The van der Waals surface area contributed by atoms with Gasteiger partial charge in [0.2, 0.25) is 11.8 Å². The van der Waals surface area contributed by atoms with Gasteiger partial charge in [0.15, 0.2) is 0 Å². The quantitative estimate of drug-likeness (QED) is 0.339. The molecule has 1 atom stereocenters. The minimum atomic E-state index is -0.931. The van der Waals surface area contributed by atoms with Gasteiger partial charge in [0.1, 0.15) is 17.7 Å². The average molecular weight is 392 g/mol. The first-order valence-corrected chi connectivity index (χ1v) is 9.62. The normalized spacial score (nSPS) is 12.6. The van der Waals surface area contributed by atoms with Crippen molar-refractivity contribution in [3.05, 3.63) is 59.7 Å². The van der Waals surface area contributed by atoms with Gasteiger partial charge in [0.05, 0.1) is 0 Å². The van der Waals surface area contributed by atoms with Crippen LogP contribution in [0.2, 0.25) is 0 Å². The zero-order valence-electron chi connectivity index (χ0n) is 16.8. The number of hydrogen-bond donors (Lipinski definition) is 2. The lowest BCUT2D eigenvalue weighted by atomic mass is 10.0. The minimum Gasteiger partial charge on any atom is -0.351 e. The molecule has 1 aromatic carbocycles. The van der Waals surface area contributed by atoms with E-state index in [1.807, 2.05) is 6.92 Å². The van der Waals surface area contributed by atoms with Crippen LogP contribution >= 0.6 is 0 Å². The number of unbranched alkanes of at least 4 members (excludes halogenated alkanes) is 1. The van der Waals surface area contributed by atoms with E-state index < -0.39 is 29.5 Å². The van der Waals surface area contributed by atoms with Gasteiger partial charge in [-0.15, -0.1) is 0 Å². The van der Waals surface area contributed by atoms with Crippen molar-refractivity contribution in [3.8, 4) is 0 Å². The van der Waals surface area contributed by atoms with E-state index >= 15 is 0 Å². The highest BCUT2D eigenvalue weighted by molar-refractivity contribution is 5.93. The number of hydrogen-bond acceptors (Lipinski definition) is 2. The molecule has 154 valence electrons. The van der Waals surface area contributed by atoms with Crippen LogP contribution in [0, 0.1) is 17.6 Å². The summed E-state index contributed by atoms with van der Waals surface area (Å²) in [5, 5.41) is 5.30. The summed E-state index contributed by atoms with van der Waals surface area (Å²) in [7, 11) is 0. The predicted molar refractivity (Wildman–Crippen MR) is 108 cm³/mol. The largest absolute Gasteiger partial charge is 0.351 e. The van der Waals surface area contributed by atoms with Crippen molar-refractivity contribution < 1.29 is 18.4 Å². The molecule has 0 aliphatic rings. The van der Waals surface area contributed by atoms with Gasteiger partial charge in [0.25, 0.3) is 0 Å². The number of carbonyl (C=O) groups is 2. The van der Waals surface area contributed by atoms with Crippen molar-refractivity contribution in [1.82, 2.24) is 10.6 Å². The third-order valence-corrected chi connectivity index (χ3v) is 4.05. The highest BCUT2D eigenvalue weighted by Gasteiger charge is 2.20. The van der Waals surface area contributed by atoms with E-state index in [-0.39, 0.29) is 6.42 Å². The Balaban J connectivity index is 2.75. The maximum atomic E-state index is 13.4. The Morgan fingerprint density at radius 2 is 1.79 bits per heavy atom. The van der Waals surface area contributed by atoms with Gasteiger partial charge < -0.3 is 10.6 Å². The van der Waals surface area contributed by atoms with Gasteiger partial charge >= 0.3 is 0 Å². The SMILES string of the molecule is C/C=C/CNC(=O)C(Cc1cc(F)cc(F)c1)NC(=O)/C=C/CCCC(C)C. The average Bonchev–Trinajstić information content (AvgIpc) is 2.59. The highest BCUT2D eigenvalue weighted by Crippen LogP contribution is 2.11. The second kappa shape index (κ2) is 12.8. The van der Waals surface area contributed by atoms with E-state index in [0.717, 1.165) is 37.5 Å². The first-order chi connectivity index (χ1) is 13.3. The van der Waals surface area contributed by atoms with Gasteiger partial charge in [0, 0.05) is 19.0 Å². The third kappa shape index (κ3) is 10.00. The Labute approximate surface area is 166 Å². The molecule has 6 heteroatoms. The van der Waals surface area contributed by atoms with E-state index in [1.54, 1.807) is 18.2 Å². The smallest absolute Gasteiger partial charge is 0.244 e. The highest BCUT2D eigenvalue weighted by atomic mass is 19.1. The summed E-state index contributed by atoms with van der Waals surface area (Å²) in [5.74, 6) is -1.66. The minimum absolute atomic E-state index is 0.0106. The van der Waals surface area contributed by atoms with Crippen LogP contribution < -0.4 is 10.6 Å². The summed E-state index contributed by atoms with van der Waals surface area (Å²) in [4.78, 5) is 24.6. The summed E-state index contributed by atoms with van der Waals surface area (Å²) in [5.41, 5.74) is 0.296. The van der Waals surface area contributed by atoms with Crippen LogP contribution in [0.3, 0.4) is 0 Å². The molecule has 0 fully saturated rings. The predicted octanol–water partition coefficient (Wildman–Crippen LogP) is 4.07. The molecule has 0 aliphatic heterocycles. The van der Waals surface area contributed by atoms with Crippen LogP contribution in [-0.4, -0.2) is 24.4 Å². The summed E-state index contributed by atoms with van der Waals surface area (Å²) in [6.45, 7) is 6.42. The molecule has 1 aromatic rings. The topological polar surface area (TPSA) is 58.2 Å². The number of carbonyl (C=O) groups excluding carboxylic acids is 2. The standard InChI is InChI=1S/C22H30F2N2O2/c1-4-5-11-25-22(28)20(14-17-12-18(23)15-19(24)13-17)26-21(27)10-8-6-7-9-16(2)3/h4-5,8,10,12-13,15-16,20H,6-7,9,11,14H2,1-3H3,(H,25,28)(H,26,27)/b5-4+,10-8+. The molecule has 1 unspecified atom stereocenters. The summed E-state index contributed by atoms with van der Waals surface area (Å²) >= 11 is 0. The Hall–Kier alpha value is -2.50. The fourth-order valence-electron chi connectivity index (χ4n) is 2.63. The van der Waals surface area contributed by atoms with Crippen molar-refractivity contribution in [1.29, 1.82) is 0 Å². The van der Waals surface area contributed by atoms with Gasteiger partial charge in [-0.1, -0.05) is 38.5 Å². The lowest BCUT2D eigenvalue weighted by molar-refractivity contribution is -0.126. The Kier molecular flexibility index (Phi) is 10.8. The monoisotopic (exact) mass is 392 g/mol. The molecule has 1 rings (SSSR count). The second-order valence-corrected chi connectivity index (χ2v) is 7.08. The third-order valence-electron chi connectivity index (χ3n) is 4.05. The first kappa shape index (κ1) is 23.5. The second-order valence-electron chi connectivity index (χ2n) is 7.08. The van der Waals surface area contributed by atoms with Crippen LogP contribution in [0.15, 0.2) is 42.5 Å². The fraction of sp³-hybridized carbons (Fsp3) is 0.455. The Morgan fingerprint density at radius 3 is 2.39 bits per heavy atom. The molecular formula is C22H30F2N2O2. The van der Waals surface area contributed by atoms with Crippen LogP contribution in [0.5, 0.6) is 0 Å². The number of benzene rings is 1. The van der Waals surface area contributed by atoms with Gasteiger partial charge in [-0.05, 0) is 49.5 Å². The lowest BCUT2D eigenvalue weighted by Crippen LogP contribution is -2.47. The first-order valence-electron chi connectivity index (χ1n) is 9.62. The Bertz CT molecular complexity index is 680. The lowest BCUT2D eigenvalue weighted by Gasteiger charge is -2.17. The van der Waals surface area contributed by atoms with E-state index in [2.05, 4.69) is 24.5 Å². The van der Waals surface area contributed by atoms with E-state index in [0.29, 0.717) is 18.0 Å². The molecule has 0 saturated heterocycles. The summed E-state index contributed by atoms with van der Waals surface area (Å²) < 4.78 is 26.9. The molecule has 0 saturated carbocycles. The van der Waals surface area contributed by atoms with Gasteiger partial charge in [-0.25, -0.2) is 8.78 Å². The molecule has 0 bridgehead atoms. The van der Waals surface area contributed by atoms with Crippen molar-refractivity contribution >= 4 is 11.8 Å². The van der Waals surface area contributed by atoms with E-state index in [9.17, 15) is 18.4 Å². The molecule has 4 nitrogen and oxygen atoms in total. The van der Waals surface area contributed by atoms with Gasteiger partial charge in [-0.3, -0.25) is 9.59 Å². The molecule has 0 heterocycles. The number of rotatable bonds is 11. The maximum absolute atomic E-state index is 13.4. The molecule has 0 aromatic heterocycles. The summed E-state index contributed by atoms with van der Waals surface area (Å²) in [6.07, 6.45) is 9.54. The maximum Gasteiger partial charge on any atom is 0.244 e. The van der Waals surface area contributed by atoms with Crippen LogP contribution in [-0.2, 0) is 16.0 Å². The molecule has 28 heavy (non-hydrogen) atoms.